The second-order valence-corrected chi connectivity index (χ2v) is 8.40. The van der Waals surface area contributed by atoms with Crippen LogP contribution in [0.15, 0.2) is 72.8 Å². The Kier molecular flexibility index (Phi) is 5.26. The third kappa shape index (κ3) is 3.81. The molecular weight excluding hydrogens is 442 g/mol. The lowest BCUT2D eigenvalue weighted by Crippen LogP contribution is -2.42. The van der Waals surface area contributed by atoms with Crippen LogP contribution >= 0.6 is 11.6 Å². The molecule has 1 spiro atoms. The molecule has 1 aliphatic heterocycles. The van der Waals surface area contributed by atoms with Gasteiger partial charge < -0.3 is 15.4 Å². The number of para-hydroxylation sites is 1. The van der Waals surface area contributed by atoms with Crippen LogP contribution in [-0.4, -0.2) is 29.3 Å². The summed E-state index contributed by atoms with van der Waals surface area (Å²) in [4.78, 5) is 39.3. The quantitative estimate of drug-likeness (QED) is 0.549. The first-order chi connectivity index (χ1) is 16.0. The van der Waals surface area contributed by atoms with E-state index in [0.717, 1.165) is 16.0 Å². The first-order valence-electron chi connectivity index (χ1n) is 10.5. The molecule has 8 heteroatoms. The predicted octanol–water partition coefficient (Wildman–Crippen LogP) is 4.46. The van der Waals surface area contributed by atoms with Crippen LogP contribution in [0, 0.1) is 0 Å². The summed E-state index contributed by atoms with van der Waals surface area (Å²) < 4.78 is 5.74. The highest BCUT2D eigenvalue weighted by atomic mass is 35.5. The Bertz CT molecular complexity index is 1260. The van der Waals surface area contributed by atoms with Gasteiger partial charge >= 0.3 is 6.03 Å². The van der Waals surface area contributed by atoms with Crippen molar-refractivity contribution in [2.75, 3.05) is 11.9 Å². The van der Waals surface area contributed by atoms with Crippen molar-refractivity contribution in [3.8, 4) is 11.5 Å². The molecule has 7 nitrogen and oxygen atoms in total. The number of rotatable bonds is 5. The first kappa shape index (κ1) is 21.0. The Labute approximate surface area is 195 Å². The van der Waals surface area contributed by atoms with E-state index in [1.54, 1.807) is 36.4 Å². The van der Waals surface area contributed by atoms with E-state index in [1.165, 1.54) is 0 Å². The van der Waals surface area contributed by atoms with Crippen LogP contribution < -0.4 is 15.4 Å². The third-order valence-electron chi connectivity index (χ3n) is 5.93. The van der Waals surface area contributed by atoms with Crippen molar-refractivity contribution in [2.24, 2.45) is 0 Å². The van der Waals surface area contributed by atoms with Gasteiger partial charge in [-0.3, -0.25) is 14.5 Å². The molecule has 5 rings (SSSR count). The summed E-state index contributed by atoms with van der Waals surface area (Å²) in [5.74, 6) is 0.214. The van der Waals surface area contributed by atoms with Gasteiger partial charge in [0.1, 0.15) is 23.6 Å². The fourth-order valence-electron chi connectivity index (χ4n) is 4.34. The number of urea groups is 1. The van der Waals surface area contributed by atoms with Crippen LogP contribution in [0.25, 0.3) is 0 Å². The minimum Gasteiger partial charge on any atom is -0.456 e. The predicted molar refractivity (Wildman–Crippen MR) is 123 cm³/mol. The molecule has 1 atom stereocenters. The molecule has 1 fully saturated rings. The Balaban J connectivity index is 1.24. The van der Waals surface area contributed by atoms with E-state index in [-0.39, 0.29) is 6.54 Å². The number of hydrogen-bond acceptors (Lipinski definition) is 4. The number of aryl methyl sites for hydroxylation is 1. The number of benzene rings is 3. The van der Waals surface area contributed by atoms with E-state index < -0.39 is 23.4 Å². The maximum Gasteiger partial charge on any atom is 0.325 e. The fourth-order valence-corrected chi connectivity index (χ4v) is 4.51. The molecule has 2 N–H and O–H groups in total. The van der Waals surface area contributed by atoms with E-state index in [0.29, 0.717) is 35.1 Å². The van der Waals surface area contributed by atoms with Gasteiger partial charge in [-0.1, -0.05) is 48.0 Å². The molecule has 1 heterocycles. The number of nitrogens with one attached hydrogen (secondary N) is 2. The monoisotopic (exact) mass is 461 g/mol. The Morgan fingerprint density at radius 2 is 1.76 bits per heavy atom. The van der Waals surface area contributed by atoms with Crippen molar-refractivity contribution in [2.45, 2.75) is 18.4 Å². The van der Waals surface area contributed by atoms with Gasteiger partial charge in [-0.15, -0.1) is 0 Å². The van der Waals surface area contributed by atoms with Crippen molar-refractivity contribution in [1.82, 2.24) is 10.2 Å². The highest BCUT2D eigenvalue weighted by molar-refractivity contribution is 6.32. The SMILES string of the molecule is O=C(CN1C(=O)N[C@@]2(CCc3ccccc32)C1=O)Nc1ccc(Oc2ccccc2Cl)cc1. The zero-order valence-corrected chi connectivity index (χ0v) is 18.3. The highest BCUT2D eigenvalue weighted by Gasteiger charge is 2.55. The summed E-state index contributed by atoms with van der Waals surface area (Å²) in [5.41, 5.74) is 1.28. The highest BCUT2D eigenvalue weighted by Crippen LogP contribution is 2.41. The van der Waals surface area contributed by atoms with Gasteiger partial charge in [-0.2, -0.15) is 0 Å². The zero-order valence-electron chi connectivity index (χ0n) is 17.5. The average molecular weight is 462 g/mol. The average Bonchev–Trinajstić information content (AvgIpc) is 3.30. The van der Waals surface area contributed by atoms with Gasteiger partial charge in [0.25, 0.3) is 5.91 Å². The van der Waals surface area contributed by atoms with Crippen LogP contribution in [0.2, 0.25) is 5.02 Å². The standard InChI is InChI=1S/C25H20ClN3O4/c26-20-7-3-4-8-21(20)33-18-11-9-17(10-12-18)27-22(30)15-29-23(31)25(28-24(29)32)14-13-16-5-1-2-6-19(16)25/h1-12H,13-15H2,(H,27,30)(H,28,32)/t25-/m1/s1. The molecule has 33 heavy (non-hydrogen) atoms. The zero-order chi connectivity index (χ0) is 23.0. The Hall–Kier alpha value is -3.84. The van der Waals surface area contributed by atoms with Crippen LogP contribution in [0.4, 0.5) is 10.5 Å². The molecule has 166 valence electrons. The summed E-state index contributed by atoms with van der Waals surface area (Å²) in [5, 5.41) is 6.03. The number of fused-ring (bicyclic) bond motifs is 2. The van der Waals surface area contributed by atoms with Crippen molar-refractivity contribution in [3.05, 3.63) is 88.9 Å². The molecule has 1 aliphatic carbocycles. The molecule has 2 aliphatic rings. The fraction of sp³-hybridized carbons (Fsp3) is 0.160. The minimum atomic E-state index is -1.08. The number of imide groups is 1. The van der Waals surface area contributed by atoms with Crippen LogP contribution in [-0.2, 0) is 21.5 Å². The van der Waals surface area contributed by atoms with Gasteiger partial charge in [0.2, 0.25) is 5.91 Å². The van der Waals surface area contributed by atoms with Gasteiger partial charge in [0.05, 0.1) is 5.02 Å². The molecular formula is C25H20ClN3O4. The molecule has 4 amide bonds. The van der Waals surface area contributed by atoms with Crippen molar-refractivity contribution in [1.29, 1.82) is 0 Å². The number of anilines is 1. The topological polar surface area (TPSA) is 87.7 Å². The molecule has 3 aromatic carbocycles. The number of ether oxygens (including phenoxy) is 1. The van der Waals surface area contributed by atoms with Crippen molar-refractivity contribution >= 4 is 35.1 Å². The molecule has 0 saturated carbocycles. The van der Waals surface area contributed by atoms with Crippen molar-refractivity contribution in [3.63, 3.8) is 0 Å². The second-order valence-electron chi connectivity index (χ2n) is 7.99. The second kappa shape index (κ2) is 8.26. The lowest BCUT2D eigenvalue weighted by atomic mass is 9.92. The molecule has 3 aromatic rings. The van der Waals surface area contributed by atoms with E-state index in [2.05, 4.69) is 10.6 Å². The number of hydrogen-bond donors (Lipinski definition) is 2. The minimum absolute atomic E-state index is 0.369. The molecule has 0 unspecified atom stereocenters. The van der Waals surface area contributed by atoms with E-state index in [9.17, 15) is 14.4 Å². The van der Waals surface area contributed by atoms with Crippen LogP contribution in [0.1, 0.15) is 17.5 Å². The smallest absolute Gasteiger partial charge is 0.325 e. The summed E-state index contributed by atoms with van der Waals surface area (Å²) in [7, 11) is 0. The summed E-state index contributed by atoms with van der Waals surface area (Å²) in [6, 6.07) is 20.9. The largest absolute Gasteiger partial charge is 0.456 e. The summed E-state index contributed by atoms with van der Waals surface area (Å²) in [6.07, 6.45) is 1.19. The number of halogens is 1. The van der Waals surface area contributed by atoms with E-state index in [4.69, 9.17) is 16.3 Å². The van der Waals surface area contributed by atoms with Gasteiger partial charge in [-0.05, 0) is 60.4 Å². The summed E-state index contributed by atoms with van der Waals surface area (Å²) in [6.45, 7) is -0.369. The van der Waals surface area contributed by atoms with Crippen LogP contribution in [0.5, 0.6) is 11.5 Å². The number of amides is 4. The Morgan fingerprint density at radius 3 is 2.55 bits per heavy atom. The molecule has 0 aromatic heterocycles. The Morgan fingerprint density at radius 1 is 1.03 bits per heavy atom. The maximum atomic E-state index is 13.2. The van der Waals surface area contributed by atoms with Gasteiger partial charge in [0.15, 0.2) is 0 Å². The first-order valence-corrected chi connectivity index (χ1v) is 10.9. The maximum absolute atomic E-state index is 13.2. The number of nitrogens with zero attached hydrogens (tertiary/aromatic N) is 1. The molecule has 0 bridgehead atoms. The normalized spacial score (nSPS) is 18.9. The van der Waals surface area contributed by atoms with Crippen LogP contribution in [0.3, 0.4) is 0 Å². The molecule has 0 radical (unpaired) electrons. The van der Waals surface area contributed by atoms with E-state index in [1.807, 2.05) is 36.4 Å². The third-order valence-corrected chi connectivity index (χ3v) is 6.24. The van der Waals surface area contributed by atoms with Gasteiger partial charge in [0, 0.05) is 5.69 Å². The molecule has 1 saturated heterocycles. The van der Waals surface area contributed by atoms with Crippen molar-refractivity contribution < 1.29 is 19.1 Å². The summed E-state index contributed by atoms with van der Waals surface area (Å²) >= 11 is 6.10. The van der Waals surface area contributed by atoms with E-state index >= 15 is 0 Å². The number of carbonyl (C=O) groups excluding carboxylic acids is 3. The lowest BCUT2D eigenvalue weighted by molar-refractivity contribution is -0.134. The number of carbonyl (C=O) groups is 3. The lowest BCUT2D eigenvalue weighted by Gasteiger charge is -2.22. The van der Waals surface area contributed by atoms with Gasteiger partial charge in [-0.25, -0.2) is 4.79 Å².